The average Bonchev–Trinajstić information content (AvgIpc) is 2.44. The van der Waals surface area contributed by atoms with Gasteiger partial charge in [-0.2, -0.15) is 0 Å². The van der Waals surface area contributed by atoms with E-state index in [9.17, 15) is 4.39 Å². The number of benzene rings is 1. The van der Waals surface area contributed by atoms with E-state index in [0.717, 1.165) is 24.3 Å². The summed E-state index contributed by atoms with van der Waals surface area (Å²) in [6.45, 7) is 13.3. The maximum atomic E-state index is 14.2. The fourth-order valence-electron chi connectivity index (χ4n) is 3.92. The first kappa shape index (κ1) is 15.8. The number of nitrogens with zero attached hydrogens (tertiary/aromatic N) is 2. The highest BCUT2D eigenvalue weighted by Gasteiger charge is 2.45. The van der Waals surface area contributed by atoms with E-state index in [-0.39, 0.29) is 11.7 Å². The molecule has 0 radical (unpaired) electrons. The summed E-state index contributed by atoms with van der Waals surface area (Å²) >= 11 is 0. The van der Waals surface area contributed by atoms with Gasteiger partial charge in [0.1, 0.15) is 5.82 Å². The molecule has 0 atom stereocenters. The van der Waals surface area contributed by atoms with Crippen molar-refractivity contribution >= 4 is 5.69 Å². The lowest BCUT2D eigenvalue weighted by atomic mass is 9.71. The fourth-order valence-corrected chi connectivity index (χ4v) is 3.92. The normalized spacial score (nSPS) is 21.7. The van der Waals surface area contributed by atoms with Crippen LogP contribution in [-0.2, 0) is 0 Å². The van der Waals surface area contributed by atoms with E-state index >= 15 is 0 Å². The van der Waals surface area contributed by atoms with Gasteiger partial charge in [-0.1, -0.05) is 19.9 Å². The van der Waals surface area contributed by atoms with Crippen LogP contribution >= 0.6 is 0 Å². The number of likely N-dealkylation sites (tertiary alicyclic amines) is 1. The van der Waals surface area contributed by atoms with Gasteiger partial charge in [0.15, 0.2) is 0 Å². The van der Waals surface area contributed by atoms with E-state index in [1.807, 2.05) is 19.9 Å². The highest BCUT2D eigenvalue weighted by Crippen LogP contribution is 2.42. The van der Waals surface area contributed by atoms with E-state index in [1.54, 1.807) is 6.07 Å². The molecule has 122 valence electrons. The third kappa shape index (κ3) is 2.88. The highest BCUT2D eigenvalue weighted by atomic mass is 19.1. The minimum atomic E-state index is -0.0533. The Morgan fingerprint density at radius 3 is 2.18 bits per heavy atom. The van der Waals surface area contributed by atoms with E-state index in [2.05, 4.69) is 29.7 Å². The van der Waals surface area contributed by atoms with E-state index in [0.29, 0.717) is 11.5 Å². The van der Waals surface area contributed by atoms with Crippen LogP contribution in [0.2, 0.25) is 0 Å². The minimum absolute atomic E-state index is 0.0533. The summed E-state index contributed by atoms with van der Waals surface area (Å²) < 4.78 is 14.2. The van der Waals surface area contributed by atoms with Crippen LogP contribution in [0.25, 0.3) is 0 Å². The molecule has 0 aromatic heterocycles. The van der Waals surface area contributed by atoms with Gasteiger partial charge < -0.3 is 4.90 Å². The molecule has 0 amide bonds. The molecule has 0 saturated carbocycles. The Hall–Kier alpha value is -1.09. The molecular weight excluding hydrogens is 275 g/mol. The molecule has 3 heteroatoms. The summed E-state index contributed by atoms with van der Waals surface area (Å²) in [5, 5.41) is 0. The molecule has 0 N–H and O–H groups in total. The van der Waals surface area contributed by atoms with Gasteiger partial charge in [-0.05, 0) is 55.7 Å². The van der Waals surface area contributed by atoms with Gasteiger partial charge in [-0.25, -0.2) is 4.39 Å². The second-order valence-corrected chi connectivity index (χ2v) is 7.85. The summed E-state index contributed by atoms with van der Waals surface area (Å²) in [4.78, 5) is 4.92. The zero-order chi connectivity index (χ0) is 15.9. The molecule has 2 aliphatic heterocycles. The molecule has 3 rings (SSSR count). The Balaban J connectivity index is 1.61. The number of anilines is 1. The van der Waals surface area contributed by atoms with Crippen LogP contribution in [0.4, 0.5) is 10.1 Å². The lowest BCUT2D eigenvalue weighted by molar-refractivity contribution is -0.0380. The third-order valence-corrected chi connectivity index (χ3v) is 5.60. The number of hydrogen-bond donors (Lipinski definition) is 0. The van der Waals surface area contributed by atoms with Crippen molar-refractivity contribution in [1.29, 1.82) is 0 Å². The first-order chi connectivity index (χ1) is 10.4. The van der Waals surface area contributed by atoms with Crippen molar-refractivity contribution < 1.29 is 4.39 Å². The second-order valence-electron chi connectivity index (χ2n) is 7.85. The molecule has 1 aromatic carbocycles. The standard InChI is InChI=1S/C19H29FN2/c1-14(2)17-6-5-16(11-18(17)20)21-9-7-19(8-10-21)12-22(13-19)15(3)4/h5-6,11,14-15H,7-10,12-13H2,1-4H3. The predicted molar refractivity (Wildman–Crippen MR) is 91.1 cm³/mol. The predicted octanol–water partition coefficient (Wildman–Crippen LogP) is 4.26. The zero-order valence-electron chi connectivity index (χ0n) is 14.4. The number of rotatable bonds is 3. The van der Waals surface area contributed by atoms with Gasteiger partial charge >= 0.3 is 0 Å². The topological polar surface area (TPSA) is 6.48 Å². The number of hydrogen-bond acceptors (Lipinski definition) is 2. The molecule has 2 fully saturated rings. The summed E-state index contributed by atoms with van der Waals surface area (Å²) in [6.07, 6.45) is 2.48. The van der Waals surface area contributed by atoms with Crippen molar-refractivity contribution in [2.45, 2.75) is 52.5 Å². The van der Waals surface area contributed by atoms with Gasteiger partial charge in [0, 0.05) is 37.9 Å². The Bertz CT molecular complexity index is 522. The number of piperidine rings is 1. The van der Waals surface area contributed by atoms with Crippen molar-refractivity contribution in [2.24, 2.45) is 5.41 Å². The smallest absolute Gasteiger partial charge is 0.128 e. The molecule has 2 nitrogen and oxygen atoms in total. The van der Waals surface area contributed by atoms with Crippen LogP contribution in [0.3, 0.4) is 0 Å². The lowest BCUT2D eigenvalue weighted by Crippen LogP contribution is -2.62. The van der Waals surface area contributed by atoms with Gasteiger partial charge in [0.25, 0.3) is 0 Å². The molecule has 2 saturated heterocycles. The Morgan fingerprint density at radius 2 is 1.68 bits per heavy atom. The van der Waals surface area contributed by atoms with Crippen molar-refractivity contribution in [1.82, 2.24) is 4.90 Å². The van der Waals surface area contributed by atoms with Crippen LogP contribution in [0.5, 0.6) is 0 Å². The molecule has 22 heavy (non-hydrogen) atoms. The van der Waals surface area contributed by atoms with E-state index < -0.39 is 0 Å². The quantitative estimate of drug-likeness (QED) is 0.823. The summed E-state index contributed by atoms with van der Waals surface area (Å²) in [5.41, 5.74) is 2.41. The van der Waals surface area contributed by atoms with Crippen molar-refractivity contribution in [3.05, 3.63) is 29.6 Å². The molecule has 1 aromatic rings. The lowest BCUT2D eigenvalue weighted by Gasteiger charge is -2.56. The molecule has 0 unspecified atom stereocenters. The van der Waals surface area contributed by atoms with Crippen LogP contribution < -0.4 is 4.90 Å². The van der Waals surface area contributed by atoms with Gasteiger partial charge in [-0.3, -0.25) is 4.90 Å². The first-order valence-electron chi connectivity index (χ1n) is 8.69. The Kier molecular flexibility index (Phi) is 4.19. The SMILES string of the molecule is CC(C)c1ccc(N2CCC3(CC2)CN(C(C)C)C3)cc1F. The maximum Gasteiger partial charge on any atom is 0.128 e. The molecule has 0 aliphatic carbocycles. The summed E-state index contributed by atoms with van der Waals surface area (Å²) in [7, 11) is 0. The molecule has 2 heterocycles. The van der Waals surface area contributed by atoms with Crippen LogP contribution in [0, 0.1) is 11.2 Å². The van der Waals surface area contributed by atoms with Crippen LogP contribution in [0.15, 0.2) is 18.2 Å². The maximum absolute atomic E-state index is 14.2. The van der Waals surface area contributed by atoms with Crippen molar-refractivity contribution in [2.75, 3.05) is 31.1 Å². The second kappa shape index (κ2) is 5.84. The third-order valence-electron chi connectivity index (χ3n) is 5.60. The summed E-state index contributed by atoms with van der Waals surface area (Å²) in [6, 6.07) is 6.46. The fraction of sp³-hybridized carbons (Fsp3) is 0.684. The summed E-state index contributed by atoms with van der Waals surface area (Å²) in [5.74, 6) is 0.193. The van der Waals surface area contributed by atoms with E-state index in [1.165, 1.54) is 25.9 Å². The molecule has 2 aliphatic rings. The van der Waals surface area contributed by atoms with Gasteiger partial charge in [0.2, 0.25) is 0 Å². The molecule has 1 spiro atoms. The van der Waals surface area contributed by atoms with Crippen LogP contribution in [-0.4, -0.2) is 37.1 Å². The van der Waals surface area contributed by atoms with Crippen LogP contribution in [0.1, 0.15) is 52.0 Å². The van der Waals surface area contributed by atoms with Gasteiger partial charge in [-0.15, -0.1) is 0 Å². The van der Waals surface area contributed by atoms with E-state index in [4.69, 9.17) is 0 Å². The van der Waals surface area contributed by atoms with Gasteiger partial charge in [0.05, 0.1) is 0 Å². The minimum Gasteiger partial charge on any atom is -0.371 e. The zero-order valence-corrected chi connectivity index (χ0v) is 14.4. The molecular formula is C19H29FN2. The first-order valence-corrected chi connectivity index (χ1v) is 8.69. The monoisotopic (exact) mass is 304 g/mol. The Morgan fingerprint density at radius 1 is 1.05 bits per heavy atom. The largest absolute Gasteiger partial charge is 0.371 e. The average molecular weight is 304 g/mol. The highest BCUT2D eigenvalue weighted by molar-refractivity contribution is 5.49. The Labute approximate surface area is 134 Å². The number of halogens is 1. The van der Waals surface area contributed by atoms with Crippen molar-refractivity contribution in [3.8, 4) is 0 Å². The molecule has 0 bridgehead atoms. The van der Waals surface area contributed by atoms with Crippen molar-refractivity contribution in [3.63, 3.8) is 0 Å².